The summed E-state index contributed by atoms with van der Waals surface area (Å²) in [4.78, 5) is 28.4. The molecule has 190 valence electrons. The van der Waals surface area contributed by atoms with Gasteiger partial charge in [0, 0.05) is 37.9 Å². The molecular weight excluding hydrogens is 462 g/mol. The fourth-order valence-corrected chi connectivity index (χ4v) is 5.02. The van der Waals surface area contributed by atoms with Crippen LogP contribution in [-0.2, 0) is 11.2 Å². The van der Waals surface area contributed by atoms with E-state index in [0.29, 0.717) is 43.7 Å². The first-order valence-corrected chi connectivity index (χ1v) is 13.0. The molecule has 4 aromatic rings. The summed E-state index contributed by atoms with van der Waals surface area (Å²) in [5.41, 5.74) is 3.48. The second-order valence-electron chi connectivity index (χ2n) is 9.57. The van der Waals surface area contributed by atoms with Crippen LogP contribution in [-0.4, -0.2) is 50.7 Å². The lowest BCUT2D eigenvalue weighted by atomic mass is 9.95. The monoisotopic (exact) mass is 495 g/mol. The average molecular weight is 496 g/mol. The number of carbonyl (C=O) groups is 2. The maximum Gasteiger partial charge on any atom is 0.259 e. The molecule has 0 aliphatic carbocycles. The number of para-hydroxylation sites is 1. The predicted octanol–water partition coefficient (Wildman–Crippen LogP) is 4.57. The van der Waals surface area contributed by atoms with Crippen LogP contribution in [0, 0.1) is 12.8 Å². The molecule has 1 N–H and O–H groups in total. The van der Waals surface area contributed by atoms with Gasteiger partial charge in [0.1, 0.15) is 5.56 Å². The lowest BCUT2D eigenvalue weighted by molar-refractivity contribution is -0.126. The van der Waals surface area contributed by atoms with Gasteiger partial charge in [0.15, 0.2) is 5.82 Å². The van der Waals surface area contributed by atoms with Crippen molar-refractivity contribution < 1.29 is 9.59 Å². The number of nitrogens with zero attached hydrogens (tertiary/aromatic N) is 4. The number of aromatic nitrogens is 3. The van der Waals surface area contributed by atoms with Crippen molar-refractivity contribution in [1.29, 1.82) is 0 Å². The zero-order chi connectivity index (χ0) is 25.6. The molecule has 1 aliphatic heterocycles. The van der Waals surface area contributed by atoms with Crippen molar-refractivity contribution in [3.05, 3.63) is 102 Å². The van der Waals surface area contributed by atoms with Gasteiger partial charge in [-0.3, -0.25) is 9.59 Å². The highest BCUT2D eigenvalue weighted by atomic mass is 16.2. The van der Waals surface area contributed by atoms with E-state index in [0.717, 1.165) is 24.3 Å². The summed E-state index contributed by atoms with van der Waals surface area (Å²) in [6.07, 6.45) is 7.07. The molecule has 0 radical (unpaired) electrons. The molecule has 37 heavy (non-hydrogen) atoms. The molecule has 0 atom stereocenters. The molecular formula is C30H33N5O2. The maximum atomic E-state index is 13.8. The van der Waals surface area contributed by atoms with Gasteiger partial charge in [0.05, 0.1) is 11.4 Å². The summed E-state index contributed by atoms with van der Waals surface area (Å²) in [5, 5.41) is 7.84. The third-order valence-corrected chi connectivity index (χ3v) is 7.04. The second-order valence-corrected chi connectivity index (χ2v) is 9.57. The number of benzene rings is 2. The largest absolute Gasteiger partial charge is 0.356 e. The summed E-state index contributed by atoms with van der Waals surface area (Å²) in [5.74, 6) is 0.737. The molecule has 0 spiro atoms. The van der Waals surface area contributed by atoms with Crippen molar-refractivity contribution in [1.82, 2.24) is 24.6 Å². The summed E-state index contributed by atoms with van der Waals surface area (Å²) in [7, 11) is 0. The molecule has 1 fully saturated rings. The van der Waals surface area contributed by atoms with Crippen LogP contribution in [0.5, 0.6) is 0 Å². The average Bonchev–Trinajstić information content (AvgIpc) is 3.59. The number of piperidine rings is 1. The Labute approximate surface area is 217 Å². The number of hydrogen-bond acceptors (Lipinski definition) is 3. The molecule has 0 saturated carbocycles. The van der Waals surface area contributed by atoms with Gasteiger partial charge in [0.25, 0.3) is 5.91 Å². The van der Waals surface area contributed by atoms with Crippen LogP contribution in [0.25, 0.3) is 11.5 Å². The van der Waals surface area contributed by atoms with E-state index >= 15 is 0 Å². The van der Waals surface area contributed by atoms with Crippen LogP contribution >= 0.6 is 0 Å². The number of hydrogen-bond donors (Lipinski definition) is 1. The Bertz CT molecular complexity index is 1320. The van der Waals surface area contributed by atoms with Crippen LogP contribution in [0.4, 0.5) is 0 Å². The Morgan fingerprint density at radius 3 is 2.24 bits per heavy atom. The minimum atomic E-state index is -0.0576. The third-order valence-electron chi connectivity index (χ3n) is 7.04. The predicted molar refractivity (Wildman–Crippen MR) is 144 cm³/mol. The molecule has 2 amide bonds. The summed E-state index contributed by atoms with van der Waals surface area (Å²) < 4.78 is 3.77. The third kappa shape index (κ3) is 5.50. The van der Waals surface area contributed by atoms with Gasteiger partial charge < -0.3 is 14.8 Å². The maximum absolute atomic E-state index is 13.8. The van der Waals surface area contributed by atoms with E-state index in [9.17, 15) is 9.59 Å². The lowest BCUT2D eigenvalue weighted by Crippen LogP contribution is -2.43. The fraction of sp³-hybridized carbons (Fsp3) is 0.300. The van der Waals surface area contributed by atoms with Crippen molar-refractivity contribution in [3.8, 4) is 11.5 Å². The second kappa shape index (κ2) is 11.3. The van der Waals surface area contributed by atoms with Gasteiger partial charge in [-0.15, -0.1) is 0 Å². The summed E-state index contributed by atoms with van der Waals surface area (Å²) in [6, 6.07) is 24.1. The van der Waals surface area contributed by atoms with Crippen molar-refractivity contribution >= 4 is 11.8 Å². The number of amides is 2. The SMILES string of the molecule is Cc1nn(-c2ccccc2)c(-n2cccc2)c1C(=O)N1CCC(C(=O)NCCCc2ccccc2)CC1. The van der Waals surface area contributed by atoms with Gasteiger partial charge in [-0.25, -0.2) is 4.68 Å². The van der Waals surface area contributed by atoms with Crippen LogP contribution in [0.15, 0.2) is 85.2 Å². The molecule has 5 rings (SSSR count). The zero-order valence-electron chi connectivity index (χ0n) is 21.2. The van der Waals surface area contributed by atoms with Gasteiger partial charge in [-0.05, 0) is 62.4 Å². The van der Waals surface area contributed by atoms with E-state index in [1.165, 1.54) is 5.56 Å². The number of likely N-dealkylation sites (tertiary alicyclic amines) is 1. The highest BCUT2D eigenvalue weighted by Gasteiger charge is 2.32. The zero-order valence-corrected chi connectivity index (χ0v) is 21.2. The Morgan fingerprint density at radius 2 is 1.57 bits per heavy atom. The van der Waals surface area contributed by atoms with E-state index in [2.05, 4.69) is 17.4 Å². The topological polar surface area (TPSA) is 72.2 Å². The summed E-state index contributed by atoms with van der Waals surface area (Å²) in [6.45, 7) is 3.67. The summed E-state index contributed by atoms with van der Waals surface area (Å²) >= 11 is 0. The standard InChI is InChI=1S/C30H33N5O2/c1-23-27(29(33-19-8-9-20-33)35(32-23)26-14-6-3-7-15-26)30(37)34-21-16-25(17-22-34)28(36)31-18-10-13-24-11-4-2-5-12-24/h2-9,11-12,14-15,19-20,25H,10,13,16-18,21-22H2,1H3,(H,31,36). The molecule has 2 aromatic heterocycles. The van der Waals surface area contributed by atoms with Gasteiger partial charge >= 0.3 is 0 Å². The smallest absolute Gasteiger partial charge is 0.259 e. The molecule has 1 aliphatic rings. The Kier molecular flexibility index (Phi) is 7.49. The van der Waals surface area contributed by atoms with Crippen LogP contribution in [0.2, 0.25) is 0 Å². The van der Waals surface area contributed by atoms with Crippen molar-refractivity contribution in [2.24, 2.45) is 5.92 Å². The minimum absolute atomic E-state index is 0.0369. The highest BCUT2D eigenvalue weighted by molar-refractivity contribution is 5.99. The van der Waals surface area contributed by atoms with E-state index in [4.69, 9.17) is 5.10 Å². The molecule has 2 aromatic carbocycles. The van der Waals surface area contributed by atoms with Gasteiger partial charge in [-0.2, -0.15) is 5.10 Å². The molecule has 7 nitrogen and oxygen atoms in total. The molecule has 1 saturated heterocycles. The first-order valence-electron chi connectivity index (χ1n) is 13.0. The normalized spacial score (nSPS) is 14.0. The molecule has 3 heterocycles. The van der Waals surface area contributed by atoms with Crippen LogP contribution in [0.3, 0.4) is 0 Å². The van der Waals surface area contributed by atoms with Gasteiger partial charge in [-0.1, -0.05) is 48.5 Å². The first kappa shape index (κ1) is 24.6. The number of nitrogens with one attached hydrogen (secondary N) is 1. The number of aryl methyl sites for hydroxylation is 2. The van der Waals surface area contributed by atoms with Crippen molar-refractivity contribution in [2.45, 2.75) is 32.6 Å². The van der Waals surface area contributed by atoms with Crippen molar-refractivity contribution in [3.63, 3.8) is 0 Å². The number of rotatable bonds is 8. The van der Waals surface area contributed by atoms with Crippen LogP contribution in [0.1, 0.15) is 40.9 Å². The van der Waals surface area contributed by atoms with Crippen molar-refractivity contribution in [2.75, 3.05) is 19.6 Å². The quantitative estimate of drug-likeness (QED) is 0.364. The highest BCUT2D eigenvalue weighted by Crippen LogP contribution is 2.27. The molecule has 0 unspecified atom stereocenters. The first-order chi connectivity index (χ1) is 18.1. The van der Waals surface area contributed by atoms with Crippen LogP contribution < -0.4 is 5.32 Å². The van der Waals surface area contributed by atoms with Gasteiger partial charge in [0.2, 0.25) is 5.91 Å². The van der Waals surface area contributed by atoms with E-state index < -0.39 is 0 Å². The lowest BCUT2D eigenvalue weighted by Gasteiger charge is -2.31. The fourth-order valence-electron chi connectivity index (χ4n) is 5.02. The minimum Gasteiger partial charge on any atom is -0.356 e. The Balaban J connectivity index is 1.23. The molecule has 0 bridgehead atoms. The Morgan fingerprint density at radius 1 is 0.919 bits per heavy atom. The molecule has 7 heteroatoms. The Hall–Kier alpha value is -4.13. The van der Waals surface area contributed by atoms with E-state index in [1.54, 1.807) is 0 Å². The number of carbonyl (C=O) groups excluding carboxylic acids is 2. The van der Waals surface area contributed by atoms with E-state index in [1.807, 2.05) is 94.1 Å². The van der Waals surface area contributed by atoms with E-state index in [-0.39, 0.29) is 17.7 Å².